The average Bonchev–Trinajstić information content (AvgIpc) is 2.76. The molecule has 2 rings (SSSR count). The van der Waals surface area contributed by atoms with E-state index in [0.29, 0.717) is 13.0 Å². The number of carboxylic acids is 1. The Morgan fingerprint density at radius 2 is 2.53 bits per heavy atom. The molecule has 1 aromatic rings. The lowest BCUT2D eigenvalue weighted by Crippen LogP contribution is -2.33. The first-order valence-corrected chi connectivity index (χ1v) is 5.94. The zero-order chi connectivity index (χ0) is 12.3. The average molecular weight is 238 g/mol. The van der Waals surface area contributed by atoms with Gasteiger partial charge in [-0.3, -0.25) is 4.79 Å². The second-order valence-corrected chi connectivity index (χ2v) is 4.85. The van der Waals surface area contributed by atoms with Crippen LogP contribution in [0, 0.1) is 0 Å². The number of aryl methyl sites for hydroxylation is 1. The number of H-pyrrole nitrogens is 1. The van der Waals surface area contributed by atoms with Gasteiger partial charge in [-0.25, -0.2) is 4.98 Å². The summed E-state index contributed by atoms with van der Waals surface area (Å²) in [7, 11) is 0. The Hall–Kier alpha value is -1.36. The molecule has 1 unspecified atom stereocenters. The Labute approximate surface area is 100 Å². The van der Waals surface area contributed by atoms with Crippen molar-refractivity contribution in [1.82, 2.24) is 9.97 Å². The van der Waals surface area contributed by atoms with Gasteiger partial charge in [0.1, 0.15) is 5.82 Å². The maximum absolute atomic E-state index is 10.5. The first-order chi connectivity index (χ1) is 8.10. The largest absolute Gasteiger partial charge is 0.481 e. The van der Waals surface area contributed by atoms with Crippen LogP contribution in [-0.4, -0.2) is 34.3 Å². The number of aromatic nitrogens is 2. The minimum absolute atomic E-state index is 0.00722. The van der Waals surface area contributed by atoms with E-state index in [1.807, 2.05) is 6.20 Å². The molecule has 0 amide bonds. The highest BCUT2D eigenvalue weighted by atomic mass is 16.5. The van der Waals surface area contributed by atoms with Crippen LogP contribution < -0.4 is 0 Å². The van der Waals surface area contributed by atoms with E-state index in [-0.39, 0.29) is 11.8 Å². The lowest BCUT2D eigenvalue weighted by molar-refractivity contribution is -0.137. The van der Waals surface area contributed by atoms with E-state index >= 15 is 0 Å². The van der Waals surface area contributed by atoms with Gasteiger partial charge in [0.25, 0.3) is 0 Å². The first kappa shape index (κ1) is 12.1. The summed E-state index contributed by atoms with van der Waals surface area (Å²) in [4.78, 5) is 17.9. The van der Waals surface area contributed by atoms with Crippen LogP contribution in [-0.2, 0) is 21.4 Å². The molecule has 1 atom stereocenters. The van der Waals surface area contributed by atoms with E-state index in [2.05, 4.69) is 16.9 Å². The third-order valence-electron chi connectivity index (χ3n) is 3.29. The number of hydrogen-bond acceptors (Lipinski definition) is 3. The maximum Gasteiger partial charge on any atom is 0.303 e. The Morgan fingerprint density at radius 1 is 1.71 bits per heavy atom. The number of hydrogen-bond donors (Lipinski definition) is 2. The van der Waals surface area contributed by atoms with E-state index in [4.69, 9.17) is 9.84 Å². The van der Waals surface area contributed by atoms with Crippen LogP contribution in [0.3, 0.4) is 0 Å². The minimum Gasteiger partial charge on any atom is -0.481 e. The van der Waals surface area contributed by atoms with Crippen molar-refractivity contribution in [1.29, 1.82) is 0 Å². The highest BCUT2D eigenvalue weighted by molar-refractivity contribution is 5.66. The predicted molar refractivity (Wildman–Crippen MR) is 61.9 cm³/mol. The fourth-order valence-corrected chi connectivity index (χ4v) is 2.17. The van der Waals surface area contributed by atoms with E-state index in [9.17, 15) is 4.79 Å². The van der Waals surface area contributed by atoms with Gasteiger partial charge in [0, 0.05) is 30.3 Å². The van der Waals surface area contributed by atoms with Crippen molar-refractivity contribution in [2.24, 2.45) is 0 Å². The van der Waals surface area contributed by atoms with Crippen LogP contribution in [0.25, 0.3) is 0 Å². The summed E-state index contributed by atoms with van der Waals surface area (Å²) < 4.78 is 5.51. The van der Waals surface area contributed by atoms with Gasteiger partial charge < -0.3 is 14.8 Å². The molecule has 0 bridgehead atoms. The van der Waals surface area contributed by atoms with Crippen LogP contribution in [0.15, 0.2) is 6.20 Å². The van der Waals surface area contributed by atoms with Crippen molar-refractivity contribution >= 4 is 5.97 Å². The third kappa shape index (κ3) is 2.85. The van der Waals surface area contributed by atoms with Crippen molar-refractivity contribution in [2.75, 3.05) is 13.2 Å². The number of ether oxygens (including phenoxy) is 1. The molecule has 5 nitrogen and oxygen atoms in total. The molecule has 0 radical (unpaired) electrons. The van der Waals surface area contributed by atoms with E-state index in [0.717, 1.165) is 31.0 Å². The van der Waals surface area contributed by atoms with E-state index in [1.165, 1.54) is 0 Å². The zero-order valence-electron chi connectivity index (χ0n) is 10.0. The first-order valence-electron chi connectivity index (χ1n) is 5.94. The van der Waals surface area contributed by atoms with Crippen molar-refractivity contribution in [3.63, 3.8) is 0 Å². The minimum atomic E-state index is -0.796. The molecule has 0 saturated carbocycles. The topological polar surface area (TPSA) is 75.2 Å². The SMILES string of the molecule is CC1(c2cnc(CCC(=O)O)[nH]2)CCCOC1. The lowest BCUT2D eigenvalue weighted by atomic mass is 9.82. The summed E-state index contributed by atoms with van der Waals surface area (Å²) in [6.07, 6.45) is 4.51. The molecule has 1 aliphatic rings. The normalized spacial score (nSPS) is 24.8. The van der Waals surface area contributed by atoms with Crippen LogP contribution in [0.4, 0.5) is 0 Å². The summed E-state index contributed by atoms with van der Waals surface area (Å²) in [5.74, 6) is -0.0515. The Morgan fingerprint density at radius 3 is 3.18 bits per heavy atom. The predicted octanol–water partition coefficient (Wildman–Crippen LogP) is 1.49. The number of nitrogens with one attached hydrogen (secondary N) is 1. The van der Waals surface area contributed by atoms with Crippen molar-refractivity contribution < 1.29 is 14.6 Å². The highest BCUT2D eigenvalue weighted by Crippen LogP contribution is 2.31. The molecule has 17 heavy (non-hydrogen) atoms. The molecule has 0 spiro atoms. The summed E-state index contributed by atoms with van der Waals surface area (Å²) >= 11 is 0. The number of aliphatic carboxylic acids is 1. The zero-order valence-corrected chi connectivity index (χ0v) is 10.0. The molecule has 0 aliphatic carbocycles. The summed E-state index contributed by atoms with van der Waals surface area (Å²) in [5.41, 5.74) is 1.05. The van der Waals surface area contributed by atoms with Gasteiger partial charge in [-0.2, -0.15) is 0 Å². The fraction of sp³-hybridized carbons (Fsp3) is 0.667. The second kappa shape index (κ2) is 4.87. The molecule has 1 fully saturated rings. The van der Waals surface area contributed by atoms with Crippen LogP contribution in [0.5, 0.6) is 0 Å². The molecule has 94 valence electrons. The maximum atomic E-state index is 10.5. The standard InChI is InChI=1S/C12H18N2O3/c1-12(5-2-6-17-8-12)9-7-13-10(14-9)3-4-11(15)16/h7H,2-6,8H2,1H3,(H,13,14)(H,15,16). The number of carbonyl (C=O) groups is 1. The Kier molecular flexibility index (Phi) is 3.47. The number of aromatic amines is 1. The van der Waals surface area contributed by atoms with E-state index < -0.39 is 5.97 Å². The summed E-state index contributed by atoms with van der Waals surface area (Å²) in [6, 6.07) is 0. The molecule has 5 heteroatoms. The number of carboxylic acid groups (broad SMARTS) is 1. The molecule has 0 aromatic carbocycles. The Bertz CT molecular complexity index is 394. The van der Waals surface area contributed by atoms with Crippen LogP contribution in [0.1, 0.15) is 37.7 Å². The van der Waals surface area contributed by atoms with Crippen LogP contribution in [0.2, 0.25) is 0 Å². The molecular formula is C12H18N2O3. The number of nitrogens with zero attached hydrogens (tertiary/aromatic N) is 1. The Balaban J connectivity index is 2.03. The molecule has 1 aliphatic heterocycles. The van der Waals surface area contributed by atoms with Gasteiger partial charge in [-0.05, 0) is 12.8 Å². The molecule has 1 aromatic heterocycles. The van der Waals surface area contributed by atoms with Gasteiger partial charge in [-0.1, -0.05) is 6.92 Å². The number of imidazole rings is 1. The second-order valence-electron chi connectivity index (χ2n) is 4.85. The third-order valence-corrected chi connectivity index (χ3v) is 3.29. The molecular weight excluding hydrogens is 220 g/mol. The van der Waals surface area contributed by atoms with Gasteiger partial charge >= 0.3 is 5.97 Å². The molecule has 2 heterocycles. The molecule has 2 N–H and O–H groups in total. The quantitative estimate of drug-likeness (QED) is 0.833. The lowest BCUT2D eigenvalue weighted by Gasteiger charge is -2.32. The summed E-state index contributed by atoms with van der Waals surface area (Å²) in [6.45, 7) is 3.68. The number of rotatable bonds is 4. The van der Waals surface area contributed by atoms with Crippen LogP contribution >= 0.6 is 0 Å². The van der Waals surface area contributed by atoms with Crippen molar-refractivity contribution in [2.45, 2.75) is 38.0 Å². The van der Waals surface area contributed by atoms with E-state index in [1.54, 1.807) is 0 Å². The summed E-state index contributed by atoms with van der Waals surface area (Å²) in [5, 5.41) is 8.62. The van der Waals surface area contributed by atoms with Gasteiger partial charge in [0.15, 0.2) is 0 Å². The molecule has 1 saturated heterocycles. The van der Waals surface area contributed by atoms with Gasteiger partial charge in [0.05, 0.1) is 13.0 Å². The van der Waals surface area contributed by atoms with Crippen molar-refractivity contribution in [3.05, 3.63) is 17.7 Å². The van der Waals surface area contributed by atoms with Gasteiger partial charge in [-0.15, -0.1) is 0 Å². The smallest absolute Gasteiger partial charge is 0.303 e. The fourth-order valence-electron chi connectivity index (χ4n) is 2.17. The van der Waals surface area contributed by atoms with Crippen molar-refractivity contribution in [3.8, 4) is 0 Å². The monoisotopic (exact) mass is 238 g/mol. The highest BCUT2D eigenvalue weighted by Gasteiger charge is 2.31. The van der Waals surface area contributed by atoms with Gasteiger partial charge in [0.2, 0.25) is 0 Å².